The van der Waals surface area contributed by atoms with Crippen molar-refractivity contribution in [2.45, 2.75) is 13.8 Å². The molecule has 2 aromatic carbocycles. The van der Waals surface area contributed by atoms with Gasteiger partial charge in [0, 0.05) is 50.9 Å². The first kappa shape index (κ1) is 25.5. The Morgan fingerprint density at radius 3 is 2.41 bits per heavy atom. The number of anilines is 2. The van der Waals surface area contributed by atoms with Gasteiger partial charge in [0.1, 0.15) is 5.69 Å². The highest BCUT2D eigenvalue weighted by atomic mass is 32.1. The fourth-order valence-electron chi connectivity index (χ4n) is 4.74. The van der Waals surface area contributed by atoms with E-state index in [2.05, 4.69) is 11.0 Å². The van der Waals surface area contributed by atoms with Gasteiger partial charge in [-0.05, 0) is 37.1 Å². The van der Waals surface area contributed by atoms with Gasteiger partial charge >= 0.3 is 0 Å². The van der Waals surface area contributed by atoms with Gasteiger partial charge in [-0.25, -0.2) is 4.98 Å². The van der Waals surface area contributed by atoms with E-state index in [1.807, 2.05) is 24.8 Å². The fraction of sp³-hybridized carbons (Fsp3) is 0.462. The third-order valence-corrected chi connectivity index (χ3v) is 8.14. The van der Waals surface area contributed by atoms with Crippen LogP contribution in [0.2, 0.25) is 0 Å². The summed E-state index contributed by atoms with van der Waals surface area (Å²) in [5.41, 5.74) is 3.76. The number of nitro benzene ring substituents is 1. The van der Waals surface area contributed by atoms with Crippen LogP contribution in [0.4, 0.5) is 16.5 Å². The summed E-state index contributed by atoms with van der Waals surface area (Å²) in [6.07, 6.45) is 0. The highest BCUT2D eigenvalue weighted by molar-refractivity contribution is 7.22. The third-order valence-electron chi connectivity index (χ3n) is 6.92. The van der Waals surface area contributed by atoms with Crippen molar-refractivity contribution < 1.29 is 19.2 Å². The average Bonchev–Trinajstić information content (AvgIpc) is 3.38. The molecule has 2 saturated heterocycles. The van der Waals surface area contributed by atoms with Gasteiger partial charge in [0.25, 0.3) is 11.6 Å². The first-order valence-electron chi connectivity index (χ1n) is 12.5. The van der Waals surface area contributed by atoms with Crippen molar-refractivity contribution in [3.63, 3.8) is 0 Å². The number of rotatable bonds is 7. The maximum absolute atomic E-state index is 13.9. The van der Waals surface area contributed by atoms with Crippen LogP contribution in [0.3, 0.4) is 0 Å². The van der Waals surface area contributed by atoms with E-state index in [1.165, 1.54) is 17.4 Å². The summed E-state index contributed by atoms with van der Waals surface area (Å²) < 4.78 is 11.9. The van der Waals surface area contributed by atoms with Crippen molar-refractivity contribution in [2.24, 2.45) is 0 Å². The number of fused-ring (bicyclic) bond motifs is 1. The van der Waals surface area contributed by atoms with Crippen molar-refractivity contribution in [3.8, 4) is 0 Å². The number of benzene rings is 2. The molecule has 10 nitrogen and oxygen atoms in total. The van der Waals surface area contributed by atoms with Crippen LogP contribution in [-0.2, 0) is 9.47 Å². The molecule has 0 spiro atoms. The van der Waals surface area contributed by atoms with Crippen LogP contribution in [0.15, 0.2) is 30.3 Å². The molecule has 0 atom stereocenters. The van der Waals surface area contributed by atoms with Crippen LogP contribution < -0.4 is 9.80 Å². The van der Waals surface area contributed by atoms with E-state index in [-0.39, 0.29) is 17.2 Å². The van der Waals surface area contributed by atoms with Gasteiger partial charge in [-0.2, -0.15) is 0 Å². The zero-order valence-electron chi connectivity index (χ0n) is 21.1. The van der Waals surface area contributed by atoms with E-state index in [9.17, 15) is 14.9 Å². The molecule has 1 aromatic heterocycles. The largest absolute Gasteiger partial charge is 0.379 e. The van der Waals surface area contributed by atoms with Crippen molar-refractivity contribution in [3.05, 3.63) is 57.1 Å². The highest BCUT2D eigenvalue weighted by Gasteiger charge is 2.28. The number of carbonyl (C=O) groups excluding carboxylic acids is 1. The molecule has 2 fully saturated rings. The minimum absolute atomic E-state index is 0.0723. The van der Waals surface area contributed by atoms with Gasteiger partial charge in [0.05, 0.1) is 41.6 Å². The number of hydrogen-bond donors (Lipinski definition) is 0. The maximum Gasteiger partial charge on any atom is 0.293 e. The number of morpholine rings is 2. The molecule has 2 aliphatic rings. The summed E-state index contributed by atoms with van der Waals surface area (Å²) in [5, 5.41) is 12.6. The minimum atomic E-state index is -0.413. The van der Waals surface area contributed by atoms with E-state index in [1.54, 1.807) is 17.0 Å². The zero-order valence-corrected chi connectivity index (χ0v) is 22.0. The van der Waals surface area contributed by atoms with Crippen molar-refractivity contribution in [1.82, 2.24) is 9.88 Å². The third kappa shape index (κ3) is 5.45. The number of aryl methyl sites for hydroxylation is 2. The Morgan fingerprint density at radius 1 is 1.05 bits per heavy atom. The van der Waals surface area contributed by atoms with E-state index in [4.69, 9.17) is 14.5 Å². The summed E-state index contributed by atoms with van der Waals surface area (Å²) in [4.78, 5) is 36.2. The second-order valence-electron chi connectivity index (χ2n) is 9.34. The Labute approximate surface area is 219 Å². The number of thiazole rings is 1. The summed E-state index contributed by atoms with van der Waals surface area (Å²) in [6.45, 7) is 10.3. The smallest absolute Gasteiger partial charge is 0.293 e. The average molecular weight is 526 g/mol. The molecule has 1 amide bonds. The molecular weight excluding hydrogens is 494 g/mol. The molecule has 37 heavy (non-hydrogen) atoms. The summed E-state index contributed by atoms with van der Waals surface area (Å²) in [5.74, 6) is -0.292. The molecule has 2 aliphatic heterocycles. The number of nitro groups is 1. The van der Waals surface area contributed by atoms with Gasteiger partial charge in [0.2, 0.25) is 0 Å². The Morgan fingerprint density at radius 2 is 1.73 bits per heavy atom. The molecular formula is C26H31N5O5S. The van der Waals surface area contributed by atoms with Gasteiger partial charge in [-0.1, -0.05) is 23.5 Å². The molecule has 5 rings (SSSR count). The molecule has 0 radical (unpaired) electrons. The predicted molar refractivity (Wildman–Crippen MR) is 144 cm³/mol. The molecule has 0 bridgehead atoms. The van der Waals surface area contributed by atoms with Gasteiger partial charge < -0.3 is 14.4 Å². The normalized spacial score (nSPS) is 16.8. The first-order chi connectivity index (χ1) is 17.9. The summed E-state index contributed by atoms with van der Waals surface area (Å²) in [6, 6.07) is 8.87. The van der Waals surface area contributed by atoms with Gasteiger partial charge in [0.15, 0.2) is 5.13 Å². The number of aromatic nitrogens is 1. The van der Waals surface area contributed by atoms with Crippen molar-refractivity contribution in [2.75, 3.05) is 75.5 Å². The van der Waals surface area contributed by atoms with Crippen molar-refractivity contribution in [1.29, 1.82) is 0 Å². The maximum atomic E-state index is 13.9. The zero-order chi connectivity index (χ0) is 25.9. The lowest BCUT2D eigenvalue weighted by Crippen LogP contribution is -2.43. The lowest BCUT2D eigenvalue weighted by molar-refractivity contribution is -0.384. The molecule has 196 valence electrons. The number of ether oxygens (including phenoxy) is 2. The van der Waals surface area contributed by atoms with Crippen LogP contribution in [0.1, 0.15) is 21.5 Å². The van der Waals surface area contributed by atoms with E-state index in [0.29, 0.717) is 63.4 Å². The van der Waals surface area contributed by atoms with Gasteiger partial charge in [-0.15, -0.1) is 0 Å². The number of nitrogens with zero attached hydrogens (tertiary/aromatic N) is 5. The minimum Gasteiger partial charge on any atom is -0.379 e. The lowest BCUT2D eigenvalue weighted by atomic mass is 10.1. The topological polar surface area (TPSA) is 101 Å². The van der Waals surface area contributed by atoms with Gasteiger partial charge in [-0.3, -0.25) is 24.7 Å². The summed E-state index contributed by atoms with van der Waals surface area (Å²) in [7, 11) is 0. The molecule has 3 heterocycles. The number of amides is 1. The molecule has 0 aliphatic carbocycles. The summed E-state index contributed by atoms with van der Waals surface area (Å²) >= 11 is 1.49. The van der Waals surface area contributed by atoms with Crippen molar-refractivity contribution >= 4 is 44.0 Å². The molecule has 3 aromatic rings. The Balaban J connectivity index is 1.49. The van der Waals surface area contributed by atoms with Crippen LogP contribution >= 0.6 is 11.3 Å². The van der Waals surface area contributed by atoms with Crippen LogP contribution in [-0.4, -0.2) is 86.4 Å². The standard InChI is InChI=1S/C26H31N5O5S/c1-18-3-4-19(2)24-23(18)27-26(37-24)30(8-7-28-9-13-35-14-10-28)25(32)20-5-6-21(22(17-20)31(33)34)29-11-15-36-16-12-29/h3-6,17H,7-16H2,1-2H3. The van der Waals surface area contributed by atoms with Crippen LogP contribution in [0.5, 0.6) is 0 Å². The predicted octanol–water partition coefficient (Wildman–Crippen LogP) is 3.64. The number of carbonyl (C=O) groups is 1. The highest BCUT2D eigenvalue weighted by Crippen LogP contribution is 2.35. The van der Waals surface area contributed by atoms with E-state index in [0.717, 1.165) is 34.4 Å². The second-order valence-corrected chi connectivity index (χ2v) is 10.3. The SMILES string of the molecule is Cc1ccc(C)c2sc(N(CCN3CCOCC3)C(=O)c3ccc(N4CCOCC4)c([N+](=O)[O-])c3)nc12. The van der Waals surface area contributed by atoms with Crippen LogP contribution in [0, 0.1) is 24.0 Å². The fourth-order valence-corrected chi connectivity index (χ4v) is 5.88. The van der Waals surface area contributed by atoms with E-state index < -0.39 is 4.92 Å². The Bertz CT molecular complexity index is 1260. The molecule has 0 saturated carbocycles. The lowest BCUT2D eigenvalue weighted by Gasteiger charge is -2.30. The number of hydrogen-bond acceptors (Lipinski definition) is 9. The first-order valence-corrected chi connectivity index (χ1v) is 13.3. The molecule has 11 heteroatoms. The van der Waals surface area contributed by atoms with E-state index >= 15 is 0 Å². The monoisotopic (exact) mass is 525 g/mol. The second kappa shape index (κ2) is 11.1. The molecule has 0 unspecified atom stereocenters. The quantitative estimate of drug-likeness (QED) is 0.340. The molecule has 0 N–H and O–H groups in total. The Hall–Kier alpha value is -3.12. The van der Waals surface area contributed by atoms with Crippen LogP contribution in [0.25, 0.3) is 10.2 Å². The Kier molecular flexibility index (Phi) is 7.65.